The summed E-state index contributed by atoms with van der Waals surface area (Å²) < 4.78 is 13.0. The second kappa shape index (κ2) is 13.6. The molecule has 4 rings (SSSR count). The zero-order chi connectivity index (χ0) is 30.7. The van der Waals surface area contributed by atoms with Crippen LogP contribution in [0.5, 0.6) is 0 Å². The van der Waals surface area contributed by atoms with Gasteiger partial charge >= 0.3 is 0 Å². The smallest absolute Gasteiger partial charge is 0.237 e. The van der Waals surface area contributed by atoms with Crippen molar-refractivity contribution < 1.29 is 14.0 Å². The van der Waals surface area contributed by atoms with E-state index in [1.807, 2.05) is 6.07 Å². The van der Waals surface area contributed by atoms with E-state index in [-0.39, 0.29) is 28.3 Å². The van der Waals surface area contributed by atoms with E-state index in [9.17, 15) is 14.0 Å². The second-order valence-corrected chi connectivity index (χ2v) is 13.8. The van der Waals surface area contributed by atoms with Crippen LogP contribution in [0.3, 0.4) is 0 Å². The highest BCUT2D eigenvalue weighted by atomic mass is 35.5. The van der Waals surface area contributed by atoms with Crippen molar-refractivity contribution in [1.82, 2.24) is 20.4 Å². The van der Waals surface area contributed by atoms with E-state index in [0.717, 1.165) is 44.7 Å². The number of hydrogen-bond donors (Lipinski definition) is 3. The fourth-order valence-corrected chi connectivity index (χ4v) is 6.84. The molecule has 3 heterocycles. The van der Waals surface area contributed by atoms with E-state index in [4.69, 9.17) is 23.2 Å². The number of rotatable bonds is 10. The lowest BCUT2D eigenvalue weighted by Gasteiger charge is -2.37. The quantitative estimate of drug-likeness (QED) is 0.257. The number of likely N-dealkylation sites (N-methyl/N-ethyl adjacent to an activating group) is 1. The Balaban J connectivity index is 1.66. The first-order chi connectivity index (χ1) is 19.9. The second-order valence-electron chi connectivity index (χ2n) is 12.9. The van der Waals surface area contributed by atoms with Crippen LogP contribution in [0, 0.1) is 11.3 Å². The fraction of sp³-hybridized carbons (Fsp3) is 0.562. The van der Waals surface area contributed by atoms with Gasteiger partial charge in [0.2, 0.25) is 11.8 Å². The third-order valence-corrected chi connectivity index (χ3v) is 9.03. The summed E-state index contributed by atoms with van der Waals surface area (Å²) in [4.78, 5) is 32.8. The summed E-state index contributed by atoms with van der Waals surface area (Å²) in [6, 6.07) is 4.34. The van der Waals surface area contributed by atoms with E-state index in [0.29, 0.717) is 29.2 Å². The van der Waals surface area contributed by atoms with Gasteiger partial charge in [0.25, 0.3) is 0 Å². The van der Waals surface area contributed by atoms with Crippen LogP contribution in [0.15, 0.2) is 53.6 Å². The summed E-state index contributed by atoms with van der Waals surface area (Å²) in [7, 11) is 2.13. The van der Waals surface area contributed by atoms with Crippen LogP contribution in [-0.2, 0) is 15.0 Å². The van der Waals surface area contributed by atoms with Gasteiger partial charge in [-0.1, -0.05) is 68.8 Å². The van der Waals surface area contributed by atoms with Crippen LogP contribution in [0.4, 0.5) is 10.1 Å². The fourth-order valence-electron chi connectivity index (χ4n) is 6.59. The minimum Gasteiger partial charge on any atom is -0.355 e. The molecule has 2 fully saturated rings. The molecule has 0 bridgehead atoms. The van der Waals surface area contributed by atoms with Crippen LogP contribution < -0.4 is 16.0 Å². The number of nitrogens with one attached hydrogen (secondary N) is 3. The van der Waals surface area contributed by atoms with E-state index >= 15 is 0 Å². The van der Waals surface area contributed by atoms with Crippen LogP contribution in [0.2, 0.25) is 5.02 Å². The molecule has 7 nitrogen and oxygen atoms in total. The Morgan fingerprint density at radius 1 is 1.26 bits per heavy atom. The highest BCUT2D eigenvalue weighted by Crippen LogP contribution is 2.55. The van der Waals surface area contributed by atoms with Gasteiger partial charge in [0, 0.05) is 60.4 Å². The Kier molecular flexibility index (Phi) is 10.6. The predicted molar refractivity (Wildman–Crippen MR) is 170 cm³/mol. The molecule has 0 aliphatic carbocycles. The lowest BCUT2D eigenvalue weighted by Crippen LogP contribution is -2.50. The number of halogens is 3. The minimum absolute atomic E-state index is 0.0529. The molecular weight excluding hydrogens is 576 g/mol. The van der Waals surface area contributed by atoms with Crippen molar-refractivity contribution in [2.75, 3.05) is 58.3 Å². The lowest BCUT2D eigenvalue weighted by atomic mass is 9.62. The van der Waals surface area contributed by atoms with Gasteiger partial charge in [0.15, 0.2) is 0 Å². The molecule has 0 radical (unpaired) electrons. The summed E-state index contributed by atoms with van der Waals surface area (Å²) in [5.74, 6) is -0.973. The predicted octanol–water partition coefficient (Wildman–Crippen LogP) is 4.88. The van der Waals surface area contributed by atoms with Crippen molar-refractivity contribution in [1.29, 1.82) is 0 Å². The molecule has 2 saturated heterocycles. The average molecular weight is 621 g/mol. The maximum Gasteiger partial charge on any atom is 0.237 e. The molecule has 0 saturated carbocycles. The standard InChI is InChI=1S/C32H44Cl2FN5O2/c1-21(8-6-9-23(34)20-35)27-28(29(41)36-12-7-13-40-16-14-39(5)15-17-40)38-26(19-31(2,3)4)32(27)24-11-10-22(33)18-25(24)37-30(32)42/h6,8-11,18,26-28,38H,1,7,12-17,19-20H2,2-5H3,(H,36,41)(H,37,42)/b8-6-,23-9+/t26-,27+,28-,32+/m1/s1. The third kappa shape index (κ3) is 7.11. The Morgan fingerprint density at radius 3 is 2.64 bits per heavy atom. The van der Waals surface area contributed by atoms with Gasteiger partial charge in [0.1, 0.15) is 12.1 Å². The van der Waals surface area contributed by atoms with Crippen molar-refractivity contribution in [3.05, 3.63) is 64.2 Å². The molecule has 10 heteroatoms. The first-order valence-electron chi connectivity index (χ1n) is 14.7. The molecule has 3 N–H and O–H groups in total. The molecule has 0 aromatic heterocycles. The highest BCUT2D eigenvalue weighted by Gasteiger charge is 2.65. The Hall–Kier alpha value is -2.23. The number of benzene rings is 1. The summed E-state index contributed by atoms with van der Waals surface area (Å²) in [5, 5.41) is 10.3. The summed E-state index contributed by atoms with van der Waals surface area (Å²) in [5.41, 5.74) is 0.760. The normalized spacial score (nSPS) is 27.1. The van der Waals surface area contributed by atoms with Crippen LogP contribution in [0.1, 0.15) is 39.2 Å². The summed E-state index contributed by atoms with van der Waals surface area (Å²) in [6.07, 6.45) is 6.27. The minimum atomic E-state index is -1.11. The first-order valence-corrected chi connectivity index (χ1v) is 15.5. The van der Waals surface area contributed by atoms with Crippen LogP contribution >= 0.6 is 23.2 Å². The SMILES string of the molecule is C=C(/C=C\C=C(\Cl)CF)[C@H]1[C@H](C(=O)NCCCN2CCN(C)CC2)N[C@H](CC(C)(C)C)[C@]12C(=O)Nc1cc(Cl)ccc12. The maximum atomic E-state index is 14.2. The van der Waals surface area contributed by atoms with E-state index in [1.165, 1.54) is 6.08 Å². The zero-order valence-corrected chi connectivity index (χ0v) is 26.6. The molecule has 3 aliphatic heterocycles. The molecule has 1 spiro atoms. The third-order valence-electron chi connectivity index (χ3n) is 8.57. The Bertz CT molecular complexity index is 1240. The Labute approximate surface area is 259 Å². The number of carbonyl (C=O) groups excluding carboxylic acids is 2. The molecule has 4 atom stereocenters. The molecule has 2 amide bonds. The Morgan fingerprint density at radius 2 is 1.98 bits per heavy atom. The number of anilines is 1. The zero-order valence-electron chi connectivity index (χ0n) is 25.1. The number of carbonyl (C=O) groups is 2. The van der Waals surface area contributed by atoms with Crippen molar-refractivity contribution in [3.8, 4) is 0 Å². The van der Waals surface area contributed by atoms with Crippen LogP contribution in [-0.4, -0.2) is 86.7 Å². The van der Waals surface area contributed by atoms with Gasteiger partial charge < -0.3 is 25.8 Å². The van der Waals surface area contributed by atoms with Crippen molar-refractivity contribution in [2.24, 2.45) is 11.3 Å². The van der Waals surface area contributed by atoms with E-state index in [2.05, 4.69) is 60.1 Å². The number of alkyl halides is 1. The van der Waals surface area contributed by atoms with E-state index < -0.39 is 24.0 Å². The van der Waals surface area contributed by atoms with E-state index in [1.54, 1.807) is 24.3 Å². The number of piperazine rings is 1. The highest BCUT2D eigenvalue weighted by molar-refractivity contribution is 6.31. The van der Waals surface area contributed by atoms with Gasteiger partial charge in [-0.25, -0.2) is 4.39 Å². The van der Waals surface area contributed by atoms with Gasteiger partial charge in [-0.05, 0) is 61.2 Å². The molecule has 230 valence electrons. The molecule has 0 unspecified atom stereocenters. The van der Waals surface area contributed by atoms with Crippen molar-refractivity contribution >= 4 is 40.7 Å². The molecule has 3 aliphatic rings. The number of amides is 2. The van der Waals surface area contributed by atoms with Gasteiger partial charge in [-0.3, -0.25) is 9.59 Å². The number of fused-ring (bicyclic) bond motifs is 2. The largest absolute Gasteiger partial charge is 0.355 e. The monoisotopic (exact) mass is 619 g/mol. The van der Waals surface area contributed by atoms with Gasteiger partial charge in [-0.15, -0.1) is 0 Å². The van der Waals surface area contributed by atoms with Crippen molar-refractivity contribution in [2.45, 2.75) is 51.1 Å². The number of allylic oxidation sites excluding steroid dienone is 4. The number of nitrogens with zero attached hydrogens (tertiary/aromatic N) is 2. The van der Waals surface area contributed by atoms with Crippen LogP contribution in [0.25, 0.3) is 0 Å². The molecular formula is C32H44Cl2FN5O2. The summed E-state index contributed by atoms with van der Waals surface area (Å²) in [6.45, 7) is 15.5. The lowest BCUT2D eigenvalue weighted by molar-refractivity contribution is -0.124. The average Bonchev–Trinajstić information content (AvgIpc) is 3.40. The molecule has 1 aromatic carbocycles. The summed E-state index contributed by atoms with van der Waals surface area (Å²) >= 11 is 12.2. The first kappa shape index (κ1) is 32.7. The molecule has 42 heavy (non-hydrogen) atoms. The van der Waals surface area contributed by atoms with Gasteiger partial charge in [0.05, 0.1) is 6.04 Å². The van der Waals surface area contributed by atoms with Gasteiger partial charge in [-0.2, -0.15) is 0 Å². The number of hydrogen-bond acceptors (Lipinski definition) is 5. The topological polar surface area (TPSA) is 76.7 Å². The molecule has 1 aromatic rings. The van der Waals surface area contributed by atoms with Crippen molar-refractivity contribution in [3.63, 3.8) is 0 Å². The maximum absolute atomic E-state index is 14.2.